The summed E-state index contributed by atoms with van der Waals surface area (Å²) < 4.78 is 34.0. The van der Waals surface area contributed by atoms with Crippen LogP contribution in [-0.2, 0) is 18.9 Å². The molecule has 2 fully saturated rings. The molecule has 0 aromatic heterocycles. The van der Waals surface area contributed by atoms with Gasteiger partial charge < -0.3 is 28.4 Å². The molecule has 0 spiro atoms. The third kappa shape index (κ3) is 8.60. The Labute approximate surface area is 178 Å². The molecule has 2 aliphatic heterocycles. The number of hydrogen-bond acceptors (Lipinski definition) is 7. The van der Waals surface area contributed by atoms with Crippen LogP contribution in [0.4, 0.5) is 0 Å². The van der Waals surface area contributed by atoms with Gasteiger partial charge in [0.05, 0.1) is 39.1 Å². The lowest BCUT2D eigenvalue weighted by Crippen LogP contribution is -2.26. The molecule has 0 bridgehead atoms. The Hall–Kier alpha value is -1.67. The zero-order valence-electron chi connectivity index (χ0n) is 17.7. The maximum absolute atomic E-state index is 11.2. The number of hydrogen-bond donors (Lipinski definition) is 0. The molecule has 2 atom stereocenters. The molecule has 1 aromatic carbocycles. The summed E-state index contributed by atoms with van der Waals surface area (Å²) in [7, 11) is 0. The van der Waals surface area contributed by atoms with Gasteiger partial charge in [-0.2, -0.15) is 0 Å². The van der Waals surface area contributed by atoms with Crippen LogP contribution in [0.2, 0.25) is 0 Å². The molecular formula is C23H34O7. The van der Waals surface area contributed by atoms with Crippen molar-refractivity contribution in [2.45, 2.75) is 57.3 Å². The lowest BCUT2D eigenvalue weighted by Gasteiger charge is -2.22. The third-order valence-corrected chi connectivity index (χ3v) is 5.07. The van der Waals surface area contributed by atoms with E-state index in [1.54, 1.807) is 12.1 Å². The van der Waals surface area contributed by atoms with Gasteiger partial charge in [-0.1, -0.05) is 0 Å². The molecule has 2 saturated heterocycles. The van der Waals surface area contributed by atoms with Crippen molar-refractivity contribution >= 4 is 6.29 Å². The largest absolute Gasteiger partial charge is 0.493 e. The van der Waals surface area contributed by atoms with E-state index in [9.17, 15) is 4.79 Å². The minimum atomic E-state index is -0.0771. The monoisotopic (exact) mass is 422 g/mol. The summed E-state index contributed by atoms with van der Waals surface area (Å²) in [5.41, 5.74) is 0.532. The number of carbonyl (C=O) groups is 1. The van der Waals surface area contributed by atoms with Gasteiger partial charge in [0.1, 0.15) is 17.8 Å². The van der Waals surface area contributed by atoms with Gasteiger partial charge in [-0.25, -0.2) is 0 Å². The summed E-state index contributed by atoms with van der Waals surface area (Å²) in [4.78, 5) is 11.2. The van der Waals surface area contributed by atoms with E-state index in [0.717, 1.165) is 64.4 Å². The van der Waals surface area contributed by atoms with Crippen LogP contribution in [-0.4, -0.2) is 64.9 Å². The van der Waals surface area contributed by atoms with Crippen LogP contribution in [0.25, 0.3) is 0 Å². The fourth-order valence-electron chi connectivity index (χ4n) is 3.48. The second-order valence-corrected chi connectivity index (χ2v) is 7.64. The van der Waals surface area contributed by atoms with Crippen LogP contribution < -0.4 is 9.47 Å². The van der Waals surface area contributed by atoms with Crippen molar-refractivity contribution in [1.29, 1.82) is 0 Å². The van der Waals surface area contributed by atoms with E-state index in [1.165, 1.54) is 0 Å². The van der Waals surface area contributed by atoms with E-state index in [-0.39, 0.29) is 12.4 Å². The first kappa shape index (κ1) is 23.0. The maximum atomic E-state index is 11.2. The molecule has 0 amide bonds. The number of aldehydes is 1. The molecular weight excluding hydrogens is 388 g/mol. The fourth-order valence-corrected chi connectivity index (χ4v) is 3.48. The number of carbonyl (C=O) groups excluding carboxylic acids is 1. The summed E-state index contributed by atoms with van der Waals surface area (Å²) in [6.45, 7) is 4.55. The molecule has 1 aromatic rings. The van der Waals surface area contributed by atoms with Crippen molar-refractivity contribution in [3.63, 3.8) is 0 Å². The fraction of sp³-hybridized carbons (Fsp3) is 0.696. The zero-order valence-corrected chi connectivity index (χ0v) is 17.7. The Balaban J connectivity index is 1.32. The van der Waals surface area contributed by atoms with Crippen molar-refractivity contribution in [1.82, 2.24) is 0 Å². The van der Waals surface area contributed by atoms with Crippen molar-refractivity contribution in [3.05, 3.63) is 23.8 Å². The molecule has 7 heteroatoms. The summed E-state index contributed by atoms with van der Waals surface area (Å²) in [6.07, 6.45) is 7.80. The maximum Gasteiger partial charge on any atom is 0.157 e. The van der Waals surface area contributed by atoms with E-state index in [4.69, 9.17) is 28.4 Å². The van der Waals surface area contributed by atoms with Crippen molar-refractivity contribution in [2.24, 2.45) is 0 Å². The highest BCUT2D eigenvalue weighted by atomic mass is 16.7. The van der Waals surface area contributed by atoms with Gasteiger partial charge in [-0.15, -0.1) is 0 Å². The smallest absolute Gasteiger partial charge is 0.157 e. The van der Waals surface area contributed by atoms with Crippen LogP contribution >= 0.6 is 0 Å². The van der Waals surface area contributed by atoms with E-state index < -0.39 is 0 Å². The molecule has 0 radical (unpaired) electrons. The Morgan fingerprint density at radius 2 is 1.63 bits per heavy atom. The normalized spacial score (nSPS) is 21.9. The van der Waals surface area contributed by atoms with E-state index in [2.05, 4.69) is 0 Å². The first-order valence-electron chi connectivity index (χ1n) is 11.1. The molecule has 2 aliphatic rings. The summed E-state index contributed by atoms with van der Waals surface area (Å²) in [5.74, 6) is 1.25. The molecule has 168 valence electrons. The zero-order chi connectivity index (χ0) is 20.9. The molecule has 2 unspecified atom stereocenters. The average molecular weight is 423 g/mol. The minimum Gasteiger partial charge on any atom is -0.493 e. The van der Waals surface area contributed by atoms with Gasteiger partial charge in [-0.05, 0) is 44.2 Å². The molecule has 0 N–H and O–H groups in total. The van der Waals surface area contributed by atoms with Crippen LogP contribution in [0.15, 0.2) is 18.2 Å². The van der Waals surface area contributed by atoms with Gasteiger partial charge in [0.25, 0.3) is 0 Å². The summed E-state index contributed by atoms with van der Waals surface area (Å²) >= 11 is 0. The van der Waals surface area contributed by atoms with E-state index >= 15 is 0 Å². The highest BCUT2D eigenvalue weighted by molar-refractivity contribution is 5.76. The predicted octanol–water partition coefficient (Wildman–Crippen LogP) is 3.78. The predicted molar refractivity (Wildman–Crippen MR) is 111 cm³/mol. The Bertz CT molecular complexity index is 563. The van der Waals surface area contributed by atoms with Crippen LogP contribution in [0, 0.1) is 0 Å². The van der Waals surface area contributed by atoms with Crippen LogP contribution in [0.1, 0.15) is 55.3 Å². The van der Waals surface area contributed by atoms with Crippen molar-refractivity contribution < 1.29 is 33.2 Å². The van der Waals surface area contributed by atoms with E-state index in [0.29, 0.717) is 50.1 Å². The summed E-state index contributed by atoms with van der Waals surface area (Å²) in [6, 6.07) is 5.25. The Morgan fingerprint density at radius 3 is 2.27 bits per heavy atom. The lowest BCUT2D eigenvalue weighted by molar-refractivity contribution is -0.163. The van der Waals surface area contributed by atoms with E-state index in [1.807, 2.05) is 6.07 Å². The second kappa shape index (κ2) is 13.6. The van der Waals surface area contributed by atoms with Crippen molar-refractivity contribution in [2.75, 3.05) is 46.2 Å². The minimum absolute atomic E-state index is 0.0771. The van der Waals surface area contributed by atoms with Crippen LogP contribution in [0.5, 0.6) is 11.5 Å². The highest BCUT2D eigenvalue weighted by Crippen LogP contribution is 2.23. The Kier molecular flexibility index (Phi) is 10.4. The SMILES string of the molecule is O=Cc1cc(OCCCOC2CCCOC2)cc(OCCCOC2CCCCO2)c1. The first-order valence-corrected chi connectivity index (χ1v) is 11.1. The number of rotatable bonds is 13. The lowest BCUT2D eigenvalue weighted by atomic mass is 10.2. The average Bonchev–Trinajstić information content (AvgIpc) is 2.80. The molecule has 2 heterocycles. The standard InChI is InChI=1S/C23H34O7/c24-17-19-14-21(27-11-4-10-26-20-6-3-8-25-18-20)16-22(15-19)28-12-5-13-30-23-7-1-2-9-29-23/h14-17,20,23H,1-13,18H2. The quantitative estimate of drug-likeness (QED) is 0.354. The topological polar surface area (TPSA) is 72.5 Å². The van der Waals surface area contributed by atoms with Crippen molar-refractivity contribution in [3.8, 4) is 11.5 Å². The molecule has 0 saturated carbocycles. The van der Waals surface area contributed by atoms with Gasteiger partial charge in [0.15, 0.2) is 6.29 Å². The van der Waals surface area contributed by atoms with Gasteiger partial charge >= 0.3 is 0 Å². The summed E-state index contributed by atoms with van der Waals surface area (Å²) in [5, 5.41) is 0. The molecule has 30 heavy (non-hydrogen) atoms. The molecule has 3 rings (SSSR count). The van der Waals surface area contributed by atoms with Crippen LogP contribution in [0.3, 0.4) is 0 Å². The molecule has 0 aliphatic carbocycles. The Morgan fingerprint density at radius 1 is 0.867 bits per heavy atom. The third-order valence-electron chi connectivity index (χ3n) is 5.07. The van der Waals surface area contributed by atoms with Gasteiger partial charge in [0, 0.05) is 37.7 Å². The van der Waals surface area contributed by atoms with Gasteiger partial charge in [0.2, 0.25) is 0 Å². The second-order valence-electron chi connectivity index (χ2n) is 7.64. The number of benzene rings is 1. The number of ether oxygens (including phenoxy) is 6. The first-order chi connectivity index (χ1) is 14.8. The molecule has 7 nitrogen and oxygen atoms in total. The van der Waals surface area contributed by atoms with Gasteiger partial charge in [-0.3, -0.25) is 4.79 Å². The highest BCUT2D eigenvalue weighted by Gasteiger charge is 2.14.